The Labute approximate surface area is 101 Å². The molecule has 0 spiro atoms. The van der Waals surface area contributed by atoms with Crippen LogP contribution >= 0.6 is 0 Å². The molecule has 1 atom stereocenters. The maximum Gasteiger partial charge on any atom is 0.531 e. The van der Waals surface area contributed by atoms with Gasteiger partial charge in [-0.05, 0) is 6.42 Å². The molecule has 1 rings (SSSR count). The van der Waals surface area contributed by atoms with Gasteiger partial charge in [0.2, 0.25) is 0 Å². The fourth-order valence-corrected chi connectivity index (χ4v) is 2.89. The van der Waals surface area contributed by atoms with Crippen LogP contribution in [0.25, 0.3) is 0 Å². The van der Waals surface area contributed by atoms with Crippen LogP contribution in [0.1, 0.15) is 12.8 Å². The molecule has 0 aromatic carbocycles. The predicted molar refractivity (Wildman–Crippen MR) is 61.8 cm³/mol. The van der Waals surface area contributed by atoms with E-state index in [9.17, 15) is 14.4 Å². The van der Waals surface area contributed by atoms with Crippen LogP contribution < -0.4 is 0 Å². The number of nitrogens with zero attached hydrogens (tertiary/aromatic N) is 1. The van der Waals surface area contributed by atoms with Crippen molar-refractivity contribution in [2.75, 3.05) is 0 Å². The van der Waals surface area contributed by atoms with Crippen molar-refractivity contribution in [3.8, 4) is 0 Å². The van der Waals surface area contributed by atoms with E-state index in [1.165, 1.54) is 0 Å². The lowest BCUT2D eigenvalue weighted by Crippen LogP contribution is -2.33. The third-order valence-electron chi connectivity index (χ3n) is 2.61. The van der Waals surface area contributed by atoms with E-state index in [4.69, 9.17) is 5.11 Å². The zero-order valence-corrected chi connectivity index (χ0v) is 11.2. The van der Waals surface area contributed by atoms with Gasteiger partial charge in [0.15, 0.2) is 0 Å². The Morgan fingerprint density at radius 1 is 1.47 bits per heavy atom. The molecular weight excluding hydrogens is 242 g/mol. The van der Waals surface area contributed by atoms with Crippen LogP contribution in [0.4, 0.5) is 4.79 Å². The summed E-state index contributed by atoms with van der Waals surface area (Å²) in [5.41, 5.74) is 0. The van der Waals surface area contributed by atoms with Crippen molar-refractivity contribution >= 4 is 26.0 Å². The number of hydrogen-bond acceptors (Lipinski definition) is 4. The first-order chi connectivity index (χ1) is 7.70. The number of carbonyl (C=O) groups is 3. The summed E-state index contributed by atoms with van der Waals surface area (Å²) in [4.78, 5) is 37.6. The number of hydroxylamine groups is 2. The van der Waals surface area contributed by atoms with Gasteiger partial charge in [-0.15, -0.1) is 0 Å². The molecule has 1 heterocycles. The molecule has 7 heteroatoms. The summed E-state index contributed by atoms with van der Waals surface area (Å²) in [6, 6.07) is 0.928. The van der Waals surface area contributed by atoms with Gasteiger partial charge in [0, 0.05) is 14.5 Å². The van der Waals surface area contributed by atoms with E-state index in [0.717, 1.165) is 6.04 Å². The van der Waals surface area contributed by atoms with Crippen molar-refractivity contribution in [3.63, 3.8) is 0 Å². The van der Waals surface area contributed by atoms with E-state index in [2.05, 4.69) is 24.5 Å². The largest absolute Gasteiger partial charge is 0.531 e. The second-order valence-corrected chi connectivity index (χ2v) is 11.0. The third-order valence-corrected chi connectivity index (χ3v) is 4.40. The highest BCUT2D eigenvalue weighted by atomic mass is 28.3. The number of hydrogen-bond donors (Lipinski definition) is 1. The summed E-state index contributed by atoms with van der Waals surface area (Å²) >= 11 is 0. The Kier molecular flexibility index (Phi) is 3.92. The average Bonchev–Trinajstić information content (AvgIpc) is 2.41. The Bertz CT molecular complexity index is 349. The molecule has 0 aromatic rings. The molecule has 1 aliphatic heterocycles. The first-order valence-corrected chi connectivity index (χ1v) is 9.19. The van der Waals surface area contributed by atoms with Crippen LogP contribution in [0.2, 0.25) is 25.7 Å². The zero-order chi connectivity index (χ0) is 13.2. The molecule has 96 valence electrons. The van der Waals surface area contributed by atoms with E-state index in [1.54, 1.807) is 0 Å². The summed E-state index contributed by atoms with van der Waals surface area (Å²) in [5, 5.41) is 8.77. The Morgan fingerprint density at radius 3 is 2.53 bits per heavy atom. The van der Waals surface area contributed by atoms with Gasteiger partial charge < -0.3 is 5.11 Å². The van der Waals surface area contributed by atoms with Crippen molar-refractivity contribution < 1.29 is 24.3 Å². The zero-order valence-electron chi connectivity index (χ0n) is 10.2. The van der Waals surface area contributed by atoms with E-state index < -0.39 is 32.0 Å². The van der Waals surface area contributed by atoms with Crippen molar-refractivity contribution in [2.45, 2.75) is 38.5 Å². The van der Waals surface area contributed by atoms with Crippen molar-refractivity contribution in [3.05, 3.63) is 0 Å². The van der Waals surface area contributed by atoms with Crippen molar-refractivity contribution in [2.24, 2.45) is 5.92 Å². The van der Waals surface area contributed by atoms with Crippen molar-refractivity contribution in [1.29, 1.82) is 0 Å². The van der Waals surface area contributed by atoms with Gasteiger partial charge in [-0.3, -0.25) is 14.4 Å². The van der Waals surface area contributed by atoms with Crippen LogP contribution in [0.5, 0.6) is 0 Å². The van der Waals surface area contributed by atoms with E-state index >= 15 is 0 Å². The summed E-state index contributed by atoms with van der Waals surface area (Å²) in [6.45, 7) is 6.54. The molecule has 0 saturated carbocycles. The van der Waals surface area contributed by atoms with Gasteiger partial charge in [-0.25, -0.2) is 4.79 Å². The van der Waals surface area contributed by atoms with Gasteiger partial charge >= 0.3 is 6.16 Å². The first kappa shape index (κ1) is 13.7. The minimum atomic E-state index is -1.64. The maximum absolute atomic E-state index is 11.7. The van der Waals surface area contributed by atoms with E-state index in [1.807, 2.05) is 0 Å². The molecule has 17 heavy (non-hydrogen) atoms. The van der Waals surface area contributed by atoms with Crippen LogP contribution in [-0.4, -0.2) is 36.2 Å². The third kappa shape index (κ3) is 3.85. The highest BCUT2D eigenvalue weighted by Gasteiger charge is 2.41. The monoisotopic (exact) mass is 259 g/mol. The number of rotatable bonds is 4. The van der Waals surface area contributed by atoms with Crippen LogP contribution in [-0.2, 0) is 14.4 Å². The Balaban J connectivity index is 2.58. The fourth-order valence-electron chi connectivity index (χ4n) is 1.68. The molecule has 1 fully saturated rings. The summed E-state index contributed by atoms with van der Waals surface area (Å²) < 4.78 is 0. The fraction of sp³-hybridized carbons (Fsp3) is 0.700. The van der Waals surface area contributed by atoms with E-state index in [-0.39, 0.29) is 6.42 Å². The SMILES string of the molecule is C[Si](C)(C)CCC1CC(=O)N(OC(=O)O)C1=O. The molecule has 0 radical (unpaired) electrons. The van der Waals surface area contributed by atoms with Gasteiger partial charge in [0.05, 0.1) is 5.92 Å². The topological polar surface area (TPSA) is 83.9 Å². The van der Waals surface area contributed by atoms with Gasteiger partial charge in [-0.1, -0.05) is 30.7 Å². The Morgan fingerprint density at radius 2 is 2.06 bits per heavy atom. The van der Waals surface area contributed by atoms with Crippen molar-refractivity contribution in [1.82, 2.24) is 5.06 Å². The maximum atomic E-state index is 11.7. The van der Waals surface area contributed by atoms with Gasteiger partial charge in [0.25, 0.3) is 11.8 Å². The summed E-state index contributed by atoms with van der Waals surface area (Å²) in [5.74, 6) is -1.53. The molecular formula is C10H17NO5Si. The summed E-state index contributed by atoms with van der Waals surface area (Å²) in [7, 11) is -1.27. The molecule has 1 aliphatic rings. The lowest BCUT2D eigenvalue weighted by atomic mass is 10.1. The highest BCUT2D eigenvalue weighted by molar-refractivity contribution is 6.76. The van der Waals surface area contributed by atoms with Crippen LogP contribution in [0.15, 0.2) is 0 Å². The number of carbonyl (C=O) groups excluding carboxylic acids is 2. The lowest BCUT2D eigenvalue weighted by molar-refractivity contribution is -0.176. The molecule has 0 aromatic heterocycles. The number of carboxylic acid groups (broad SMARTS) is 1. The quantitative estimate of drug-likeness (QED) is 0.613. The predicted octanol–water partition coefficient (Wildman–Crippen LogP) is 1.70. The normalized spacial score (nSPS) is 20.9. The van der Waals surface area contributed by atoms with E-state index in [0.29, 0.717) is 11.5 Å². The first-order valence-electron chi connectivity index (χ1n) is 5.48. The molecule has 1 saturated heterocycles. The average molecular weight is 259 g/mol. The smallest absolute Gasteiger partial charge is 0.448 e. The second kappa shape index (κ2) is 4.87. The van der Waals surface area contributed by atoms with Crippen LogP contribution in [0, 0.1) is 5.92 Å². The molecule has 1 unspecified atom stereocenters. The minimum absolute atomic E-state index is 0.0522. The standard InChI is InChI=1S/C10H17NO5Si/c1-17(2,3)5-4-7-6-8(12)11(9(7)13)16-10(14)15/h7H,4-6H2,1-3H3,(H,14,15). The summed E-state index contributed by atoms with van der Waals surface area (Å²) in [6.07, 6.45) is -0.964. The molecule has 0 aliphatic carbocycles. The molecule has 0 bridgehead atoms. The second-order valence-electron chi connectivity index (χ2n) is 5.38. The minimum Gasteiger partial charge on any atom is -0.448 e. The number of imide groups is 1. The lowest BCUT2D eigenvalue weighted by Gasteiger charge is -2.17. The van der Waals surface area contributed by atoms with Gasteiger partial charge in [0.1, 0.15) is 0 Å². The molecule has 6 nitrogen and oxygen atoms in total. The highest BCUT2D eigenvalue weighted by Crippen LogP contribution is 2.27. The van der Waals surface area contributed by atoms with Gasteiger partial charge in [-0.2, -0.15) is 0 Å². The molecule has 2 amide bonds. The van der Waals surface area contributed by atoms with Crippen LogP contribution in [0.3, 0.4) is 0 Å². The number of amides is 2. The molecule has 1 N–H and O–H groups in total. The Hall–Kier alpha value is -1.37.